The van der Waals surface area contributed by atoms with Gasteiger partial charge in [0.05, 0.1) is 50.0 Å². The molecule has 0 aromatic carbocycles. The van der Waals surface area contributed by atoms with E-state index in [4.69, 9.17) is 24.4 Å². The Bertz CT molecular complexity index is 1370. The number of carbonyl (C=O) groups is 2. The van der Waals surface area contributed by atoms with Gasteiger partial charge >= 0.3 is 0 Å². The summed E-state index contributed by atoms with van der Waals surface area (Å²) in [7, 11) is 3.03. The van der Waals surface area contributed by atoms with Crippen LogP contribution in [0.2, 0.25) is 0 Å². The zero-order valence-corrected chi connectivity index (χ0v) is 22.3. The van der Waals surface area contributed by atoms with Crippen LogP contribution in [0.25, 0.3) is 11.3 Å². The van der Waals surface area contributed by atoms with Crippen LogP contribution in [0.4, 0.5) is 10.2 Å². The molecule has 0 bridgehead atoms. The Hall–Kier alpha value is -4.35. The standard InChI is InChI=1S/C26H29FN6O3.CH2O2/c1-15(18-10-22(35-3)29-11-20(18)27)25(34)33-8-7-26(14-33)6-5-17-9-19(16(2)30-24(17)32-26)21-12-28-13-23(31-21)36-4;2-1-3/h9-13,15H,5-8,14H2,1-4H3,(H,30,32);1H,(H,2,3)/t15-,26+;/m1./s1. The van der Waals surface area contributed by atoms with Crippen LogP contribution in [0.3, 0.4) is 0 Å². The second kappa shape index (κ2) is 11.6. The lowest BCUT2D eigenvalue weighted by Gasteiger charge is -2.36. The first-order chi connectivity index (χ1) is 18.7. The van der Waals surface area contributed by atoms with Crippen LogP contribution >= 0.6 is 0 Å². The van der Waals surface area contributed by atoms with E-state index in [1.807, 2.05) is 11.8 Å². The van der Waals surface area contributed by atoms with Crippen molar-refractivity contribution in [2.45, 2.75) is 44.6 Å². The van der Waals surface area contributed by atoms with Gasteiger partial charge in [0.15, 0.2) is 0 Å². The predicted octanol–water partition coefficient (Wildman–Crippen LogP) is 3.23. The van der Waals surface area contributed by atoms with E-state index in [9.17, 15) is 9.18 Å². The first-order valence-electron chi connectivity index (χ1n) is 12.5. The quantitative estimate of drug-likeness (QED) is 0.465. The summed E-state index contributed by atoms with van der Waals surface area (Å²) >= 11 is 0. The van der Waals surface area contributed by atoms with Crippen molar-refractivity contribution in [2.75, 3.05) is 32.6 Å². The number of aryl methyl sites for hydroxylation is 2. The molecule has 11 nitrogen and oxygen atoms in total. The maximum absolute atomic E-state index is 14.4. The number of hydrogen-bond donors (Lipinski definition) is 2. The van der Waals surface area contributed by atoms with Crippen LogP contribution < -0.4 is 14.8 Å². The molecule has 3 aromatic heterocycles. The van der Waals surface area contributed by atoms with Gasteiger partial charge in [0.25, 0.3) is 6.47 Å². The molecular formula is C27H31FN6O5. The molecule has 5 rings (SSSR count). The maximum atomic E-state index is 14.4. The molecule has 0 aliphatic carbocycles. The first-order valence-corrected chi connectivity index (χ1v) is 12.5. The average Bonchev–Trinajstić information content (AvgIpc) is 3.35. The summed E-state index contributed by atoms with van der Waals surface area (Å²) in [6.45, 7) is 4.57. The van der Waals surface area contributed by atoms with Crippen LogP contribution in [0.15, 0.2) is 30.7 Å². The highest BCUT2D eigenvalue weighted by Gasteiger charge is 2.43. The Labute approximate surface area is 225 Å². The van der Waals surface area contributed by atoms with Gasteiger partial charge in [-0.1, -0.05) is 0 Å². The summed E-state index contributed by atoms with van der Waals surface area (Å²) in [5.74, 6) is 0.326. The van der Waals surface area contributed by atoms with Gasteiger partial charge in [-0.25, -0.2) is 19.3 Å². The van der Waals surface area contributed by atoms with Crippen LogP contribution in [-0.2, 0) is 16.0 Å². The molecule has 39 heavy (non-hydrogen) atoms. The molecule has 3 aromatic rings. The summed E-state index contributed by atoms with van der Waals surface area (Å²) in [6, 6.07) is 3.61. The fraction of sp³-hybridized carbons (Fsp3) is 0.407. The van der Waals surface area contributed by atoms with Gasteiger partial charge in [0.1, 0.15) is 11.6 Å². The Morgan fingerprint density at radius 1 is 1.18 bits per heavy atom. The number of methoxy groups -OCH3 is 2. The zero-order chi connectivity index (χ0) is 28.2. The molecule has 1 spiro atoms. The predicted molar refractivity (Wildman–Crippen MR) is 140 cm³/mol. The van der Waals surface area contributed by atoms with Crippen molar-refractivity contribution < 1.29 is 28.6 Å². The van der Waals surface area contributed by atoms with E-state index in [-0.39, 0.29) is 23.8 Å². The maximum Gasteiger partial charge on any atom is 0.290 e. The van der Waals surface area contributed by atoms with Gasteiger partial charge < -0.3 is 24.8 Å². The van der Waals surface area contributed by atoms with E-state index in [1.54, 1.807) is 26.4 Å². The average molecular weight is 539 g/mol. The van der Waals surface area contributed by atoms with Crippen molar-refractivity contribution >= 4 is 18.2 Å². The third-order valence-electron chi connectivity index (χ3n) is 7.22. The largest absolute Gasteiger partial charge is 0.483 e. The Kier molecular flexibility index (Phi) is 8.22. The smallest absolute Gasteiger partial charge is 0.290 e. The van der Waals surface area contributed by atoms with E-state index in [1.165, 1.54) is 13.2 Å². The van der Waals surface area contributed by atoms with Gasteiger partial charge in [-0.3, -0.25) is 14.6 Å². The van der Waals surface area contributed by atoms with Gasteiger partial charge in [-0.2, -0.15) is 0 Å². The molecule has 1 saturated heterocycles. The molecule has 2 atom stereocenters. The third kappa shape index (κ3) is 5.74. The number of halogens is 1. The number of amides is 1. The number of fused-ring (bicyclic) bond motifs is 1. The molecule has 0 unspecified atom stereocenters. The zero-order valence-electron chi connectivity index (χ0n) is 22.3. The van der Waals surface area contributed by atoms with Crippen molar-refractivity contribution in [3.8, 4) is 23.0 Å². The van der Waals surface area contributed by atoms with E-state index in [0.717, 1.165) is 48.1 Å². The number of anilines is 1. The third-order valence-corrected chi connectivity index (χ3v) is 7.22. The number of carboxylic acid groups (broad SMARTS) is 1. The summed E-state index contributed by atoms with van der Waals surface area (Å²) in [5.41, 5.74) is 3.62. The number of hydrogen-bond acceptors (Lipinski definition) is 9. The van der Waals surface area contributed by atoms with Crippen LogP contribution in [0.1, 0.15) is 42.5 Å². The number of aromatic nitrogens is 4. The molecule has 2 aliphatic heterocycles. The van der Waals surface area contributed by atoms with Gasteiger partial charge in [0.2, 0.25) is 17.7 Å². The second-order valence-electron chi connectivity index (χ2n) is 9.57. The van der Waals surface area contributed by atoms with E-state index >= 15 is 0 Å². The lowest BCUT2D eigenvalue weighted by Crippen LogP contribution is -2.46. The summed E-state index contributed by atoms with van der Waals surface area (Å²) in [4.78, 5) is 40.9. The molecule has 12 heteroatoms. The molecule has 2 aliphatic rings. The highest BCUT2D eigenvalue weighted by Crippen LogP contribution is 2.39. The monoisotopic (exact) mass is 538 g/mol. The van der Waals surface area contributed by atoms with E-state index in [2.05, 4.69) is 26.3 Å². The van der Waals surface area contributed by atoms with Crippen molar-refractivity contribution in [2.24, 2.45) is 0 Å². The molecule has 0 saturated carbocycles. The summed E-state index contributed by atoms with van der Waals surface area (Å²) in [6.07, 6.45) is 6.87. The number of nitrogens with zero attached hydrogens (tertiary/aromatic N) is 5. The fourth-order valence-corrected chi connectivity index (χ4v) is 5.12. The summed E-state index contributed by atoms with van der Waals surface area (Å²) in [5, 5.41) is 10.5. The molecule has 206 valence electrons. The molecule has 1 fully saturated rings. The number of carbonyl (C=O) groups excluding carboxylic acids is 1. The van der Waals surface area contributed by atoms with Gasteiger partial charge in [-0.15, -0.1) is 0 Å². The number of nitrogens with one attached hydrogen (secondary N) is 1. The molecule has 1 amide bonds. The van der Waals surface area contributed by atoms with E-state index in [0.29, 0.717) is 30.2 Å². The molecular weight excluding hydrogens is 507 g/mol. The Morgan fingerprint density at radius 3 is 2.64 bits per heavy atom. The minimum absolute atomic E-state index is 0.109. The van der Waals surface area contributed by atoms with Crippen molar-refractivity contribution in [3.63, 3.8) is 0 Å². The van der Waals surface area contributed by atoms with Crippen molar-refractivity contribution in [1.29, 1.82) is 0 Å². The molecule has 2 N–H and O–H groups in total. The van der Waals surface area contributed by atoms with Crippen molar-refractivity contribution in [3.05, 3.63) is 53.4 Å². The minimum Gasteiger partial charge on any atom is -0.483 e. The lowest BCUT2D eigenvalue weighted by atomic mass is 9.86. The Morgan fingerprint density at radius 2 is 1.92 bits per heavy atom. The van der Waals surface area contributed by atoms with E-state index < -0.39 is 11.7 Å². The highest BCUT2D eigenvalue weighted by atomic mass is 19.1. The van der Waals surface area contributed by atoms with Crippen LogP contribution in [0, 0.1) is 12.7 Å². The fourth-order valence-electron chi connectivity index (χ4n) is 5.12. The first kappa shape index (κ1) is 27.7. The molecule has 0 radical (unpaired) electrons. The highest BCUT2D eigenvalue weighted by molar-refractivity contribution is 5.84. The number of ether oxygens (including phenoxy) is 2. The number of pyridine rings is 2. The molecule has 5 heterocycles. The summed E-state index contributed by atoms with van der Waals surface area (Å²) < 4.78 is 24.8. The van der Waals surface area contributed by atoms with Crippen molar-refractivity contribution in [1.82, 2.24) is 24.8 Å². The number of likely N-dealkylation sites (tertiary alicyclic amines) is 1. The van der Waals surface area contributed by atoms with Gasteiger partial charge in [-0.05, 0) is 44.7 Å². The number of rotatable bonds is 5. The van der Waals surface area contributed by atoms with Crippen LogP contribution in [0.5, 0.6) is 11.8 Å². The Balaban J connectivity index is 0.00000112. The van der Waals surface area contributed by atoms with Gasteiger partial charge in [0, 0.05) is 36.0 Å². The normalized spacial score (nSPS) is 18.3. The minimum atomic E-state index is -0.639. The van der Waals surface area contributed by atoms with Crippen LogP contribution in [-0.4, -0.2) is 75.2 Å². The topological polar surface area (TPSA) is 140 Å². The SMILES string of the molecule is COc1cc([C@@H](C)C(=O)N2CC[C@@]3(CCc4cc(-c5cncc(OC)n5)c(C)nc4N3)C2)c(F)cn1.O=CO. The lowest BCUT2D eigenvalue weighted by molar-refractivity contribution is -0.131. The second-order valence-corrected chi connectivity index (χ2v) is 9.57.